The molecule has 1 aliphatic carbocycles. The highest BCUT2D eigenvalue weighted by atomic mass is 16.3. The van der Waals surface area contributed by atoms with Gasteiger partial charge in [0.15, 0.2) is 0 Å². The minimum atomic E-state index is -0.168. The van der Waals surface area contributed by atoms with E-state index in [0.717, 1.165) is 58.4 Å². The minimum absolute atomic E-state index is 0.0219. The lowest BCUT2D eigenvalue weighted by atomic mass is 9.35. The topological polar surface area (TPSA) is 22.9 Å². The van der Waals surface area contributed by atoms with Gasteiger partial charge >= 0.3 is 0 Å². The van der Waals surface area contributed by atoms with Crippen LogP contribution in [0.1, 0.15) is 136 Å². The molecule has 3 aliphatic rings. The van der Waals surface area contributed by atoms with Gasteiger partial charge in [-0.05, 0) is 153 Å². The Morgan fingerprint density at radius 3 is 1.64 bits per heavy atom. The third-order valence-corrected chi connectivity index (χ3v) is 16.1. The largest absolute Gasteiger partial charge is 0.472 e. The highest BCUT2D eigenvalue weighted by molar-refractivity contribution is 6.99. The number of para-hydroxylation sites is 1. The van der Waals surface area contributed by atoms with Gasteiger partial charge in [-0.25, -0.2) is 0 Å². The first-order valence-corrected chi connectivity index (χ1v) is 26.3. The molecule has 8 aromatic rings. The summed E-state index contributed by atoms with van der Waals surface area (Å²) in [5, 5.41) is 0. The molecular weight excluding hydrogens is 874 g/mol. The molecule has 5 heteroatoms. The number of fused-ring (bicyclic) bond motifs is 6. The van der Waals surface area contributed by atoms with Crippen LogP contribution in [-0.4, -0.2) is 6.71 Å². The molecule has 0 atom stereocenters. The van der Waals surface area contributed by atoms with Crippen molar-refractivity contribution in [3.63, 3.8) is 0 Å². The van der Waals surface area contributed by atoms with E-state index < -0.39 is 0 Å². The Balaban J connectivity index is 1.25. The van der Waals surface area contributed by atoms with E-state index in [2.05, 4.69) is 269 Å². The summed E-state index contributed by atoms with van der Waals surface area (Å²) in [6.45, 7) is 32.5. The van der Waals surface area contributed by atoms with Crippen LogP contribution < -0.4 is 31.3 Å². The summed E-state index contributed by atoms with van der Waals surface area (Å²) in [4.78, 5) is 7.62. The number of hydrogen-bond acceptors (Lipinski definition) is 4. The van der Waals surface area contributed by atoms with Crippen molar-refractivity contribution in [2.24, 2.45) is 0 Å². The number of furan rings is 1. The van der Waals surface area contributed by atoms with Crippen LogP contribution in [0.3, 0.4) is 0 Å². The number of aryl methyl sites for hydroxylation is 1. The van der Waals surface area contributed by atoms with Crippen LogP contribution in [0.2, 0.25) is 0 Å². The van der Waals surface area contributed by atoms with Crippen LogP contribution in [0.15, 0.2) is 162 Å². The highest BCUT2D eigenvalue weighted by Crippen LogP contribution is 2.56. The molecule has 11 rings (SSSR count). The second-order valence-electron chi connectivity index (χ2n) is 25.5. The Morgan fingerprint density at radius 1 is 0.500 bits per heavy atom. The molecule has 4 nitrogen and oxygen atoms in total. The van der Waals surface area contributed by atoms with Gasteiger partial charge in [-0.3, -0.25) is 0 Å². The molecule has 2 aliphatic heterocycles. The molecule has 7 aromatic carbocycles. The van der Waals surface area contributed by atoms with Crippen LogP contribution >= 0.6 is 0 Å². The van der Waals surface area contributed by atoms with Crippen molar-refractivity contribution in [2.75, 3.05) is 14.7 Å². The van der Waals surface area contributed by atoms with Crippen LogP contribution in [0.25, 0.3) is 11.1 Å². The zero-order valence-corrected chi connectivity index (χ0v) is 45.3. The first-order chi connectivity index (χ1) is 34.0. The Kier molecular flexibility index (Phi) is 11.0. The van der Waals surface area contributed by atoms with Crippen molar-refractivity contribution >= 4 is 74.5 Å². The summed E-state index contributed by atoms with van der Waals surface area (Å²) >= 11 is 0. The minimum Gasteiger partial charge on any atom is -0.472 e. The predicted molar refractivity (Wildman–Crippen MR) is 309 cm³/mol. The fraction of sp³-hybridized carbons (Fsp3) is 0.313. The highest BCUT2D eigenvalue weighted by Gasteiger charge is 2.52. The molecule has 0 unspecified atom stereocenters. The van der Waals surface area contributed by atoms with Gasteiger partial charge in [0, 0.05) is 56.4 Å². The first-order valence-electron chi connectivity index (χ1n) is 26.3. The maximum Gasteiger partial charge on any atom is 0.297 e. The predicted octanol–water partition coefficient (Wildman–Crippen LogP) is 17.0. The number of anilines is 9. The van der Waals surface area contributed by atoms with Crippen LogP contribution in [0.5, 0.6) is 0 Å². The van der Waals surface area contributed by atoms with Crippen molar-refractivity contribution in [3.8, 4) is 11.1 Å². The van der Waals surface area contributed by atoms with E-state index in [-0.39, 0.29) is 33.8 Å². The Morgan fingerprint density at radius 2 is 1.03 bits per heavy atom. The van der Waals surface area contributed by atoms with Crippen molar-refractivity contribution in [3.05, 3.63) is 191 Å². The molecule has 3 heterocycles. The van der Waals surface area contributed by atoms with E-state index in [1.54, 1.807) is 0 Å². The summed E-state index contributed by atoms with van der Waals surface area (Å²) in [6, 6.07) is 59.8. The Labute approximate surface area is 430 Å². The molecule has 0 fully saturated rings. The van der Waals surface area contributed by atoms with Gasteiger partial charge in [-0.15, -0.1) is 0 Å². The quantitative estimate of drug-likeness (QED) is 0.155. The first kappa shape index (κ1) is 47.6. The van der Waals surface area contributed by atoms with E-state index in [4.69, 9.17) is 4.42 Å². The molecule has 0 bridgehead atoms. The summed E-state index contributed by atoms with van der Waals surface area (Å²) in [7, 11) is 0. The van der Waals surface area contributed by atoms with Gasteiger partial charge in [-0.2, -0.15) is 0 Å². The second kappa shape index (κ2) is 16.7. The summed E-state index contributed by atoms with van der Waals surface area (Å²) < 4.78 is 7.72. The summed E-state index contributed by atoms with van der Waals surface area (Å²) in [5.41, 5.74) is 22.6. The smallest absolute Gasteiger partial charge is 0.297 e. The monoisotopic (exact) mass is 946 g/mol. The molecule has 0 radical (unpaired) electrons. The second-order valence-corrected chi connectivity index (χ2v) is 25.5. The van der Waals surface area contributed by atoms with Crippen molar-refractivity contribution in [2.45, 2.75) is 137 Å². The van der Waals surface area contributed by atoms with Gasteiger partial charge in [-0.1, -0.05) is 175 Å². The molecule has 0 N–H and O–H groups in total. The molecular formula is C67H72BN3O. The summed E-state index contributed by atoms with van der Waals surface area (Å²) in [5.74, 6) is 1.13. The van der Waals surface area contributed by atoms with E-state index >= 15 is 0 Å². The lowest BCUT2D eigenvalue weighted by Gasteiger charge is -2.45. The number of rotatable bonds is 6. The van der Waals surface area contributed by atoms with Crippen LogP contribution in [0.4, 0.5) is 51.2 Å². The van der Waals surface area contributed by atoms with Gasteiger partial charge in [0.1, 0.15) is 5.76 Å². The maximum atomic E-state index is 7.72. The standard InChI is InChI=1S/C67H72BN3O/c1-43-39-56-59-57(40-43)71(54-36-29-47(65(8,9)10)41-52(54)44-21-17-15-18-22-44)55-42-51(69(48-23-19-16-20-24-48)49-30-25-45(26-31-49)63(2,3)4)34-35-53(55)68(59)62-60(58-61(72-62)67(13,14)38-37-66(58,11)12)70(56)50-32-27-46(28-33-50)64(5,6)7/h15-36,39-42H,37-38H2,1-14H3. The van der Waals surface area contributed by atoms with Crippen molar-refractivity contribution in [1.29, 1.82) is 0 Å². The average molecular weight is 946 g/mol. The van der Waals surface area contributed by atoms with Crippen molar-refractivity contribution < 1.29 is 4.42 Å². The SMILES string of the molecule is Cc1cc2c3c(c1)N(c1ccc(C(C)(C)C)cc1)c1c(oc4c1C(C)(C)CCC4(C)C)B3c1ccc(N(c3ccccc3)c3ccc(C(C)(C)C)cc3)cc1N2c1ccc(C(C)(C)C)cc1-c1ccccc1. The third-order valence-electron chi connectivity index (χ3n) is 16.1. The normalized spacial score (nSPS) is 15.7. The van der Waals surface area contributed by atoms with Gasteiger partial charge < -0.3 is 19.1 Å². The van der Waals surface area contributed by atoms with E-state index in [1.807, 2.05) is 0 Å². The molecule has 1 aromatic heterocycles. The number of hydrogen-bond donors (Lipinski definition) is 0. The lowest BCUT2D eigenvalue weighted by molar-refractivity contribution is 0.282. The third kappa shape index (κ3) is 7.90. The van der Waals surface area contributed by atoms with E-state index in [1.165, 1.54) is 66.9 Å². The lowest BCUT2D eigenvalue weighted by Crippen LogP contribution is -2.61. The van der Waals surface area contributed by atoms with Crippen LogP contribution in [0, 0.1) is 6.92 Å². The zero-order valence-electron chi connectivity index (χ0n) is 45.3. The van der Waals surface area contributed by atoms with E-state index in [0.29, 0.717) is 0 Å². The molecule has 364 valence electrons. The Hall–Kier alpha value is -6.72. The van der Waals surface area contributed by atoms with Gasteiger partial charge in [0.2, 0.25) is 0 Å². The van der Waals surface area contributed by atoms with E-state index in [9.17, 15) is 0 Å². The number of benzene rings is 7. The maximum absolute atomic E-state index is 7.72. The average Bonchev–Trinajstić information content (AvgIpc) is 3.76. The van der Waals surface area contributed by atoms with Gasteiger partial charge in [0.25, 0.3) is 6.71 Å². The molecule has 0 saturated heterocycles. The molecule has 72 heavy (non-hydrogen) atoms. The summed E-state index contributed by atoms with van der Waals surface area (Å²) in [6.07, 6.45) is 2.15. The van der Waals surface area contributed by atoms with Crippen molar-refractivity contribution in [1.82, 2.24) is 0 Å². The Bertz CT molecular complexity index is 3360. The molecule has 0 spiro atoms. The van der Waals surface area contributed by atoms with Crippen LogP contribution in [-0.2, 0) is 27.1 Å². The number of nitrogens with zero attached hydrogens (tertiary/aromatic N) is 3. The molecule has 0 amide bonds. The fourth-order valence-corrected chi connectivity index (χ4v) is 11.9. The zero-order chi connectivity index (χ0) is 50.9. The fourth-order valence-electron chi connectivity index (χ4n) is 11.9. The van der Waals surface area contributed by atoms with Gasteiger partial charge in [0.05, 0.1) is 17.0 Å². The molecule has 0 saturated carbocycles.